The standard InChI is InChI=1S/C26H21F4NO2S.C25H18F4O2S/c1-33-12-11-31-25(32)18-7-3-6-17(15-18)20-9-4-10-21-23(27)22(34-24(20)21)14-16-5-2-8-19(13-16)26(28,29)30;1-2-31-24(30)17-8-4-7-16(14-17)19-10-5-11-20-22(26)21(32-23(19)20)13-15-6-3-9-18(12-15)25(27,28)29/h2-10,13,15H,11-12,14H2,1H3,(H,31,32);3-12,14H,2,13H2,1H3. The van der Waals surface area contributed by atoms with Gasteiger partial charge in [-0.3, -0.25) is 4.79 Å². The van der Waals surface area contributed by atoms with E-state index in [0.29, 0.717) is 65.3 Å². The monoisotopic (exact) mass is 945 g/mol. The van der Waals surface area contributed by atoms with Crippen LogP contribution in [-0.4, -0.2) is 38.7 Å². The number of rotatable bonds is 12. The average Bonchev–Trinajstić information content (AvgIpc) is 3.80. The van der Waals surface area contributed by atoms with E-state index in [1.807, 2.05) is 24.3 Å². The van der Waals surface area contributed by atoms with Gasteiger partial charge in [-0.2, -0.15) is 26.3 Å². The van der Waals surface area contributed by atoms with Crippen LogP contribution in [0.4, 0.5) is 35.1 Å². The molecule has 0 unspecified atom stereocenters. The maximum absolute atomic E-state index is 15.2. The van der Waals surface area contributed by atoms with Gasteiger partial charge in [0.05, 0.1) is 29.9 Å². The largest absolute Gasteiger partial charge is 0.462 e. The summed E-state index contributed by atoms with van der Waals surface area (Å²) in [4.78, 5) is 25.2. The van der Waals surface area contributed by atoms with Crippen molar-refractivity contribution in [3.05, 3.63) is 188 Å². The second-order valence-electron chi connectivity index (χ2n) is 14.9. The number of esters is 1. The van der Waals surface area contributed by atoms with Crippen molar-refractivity contribution >= 4 is 54.7 Å². The van der Waals surface area contributed by atoms with E-state index in [9.17, 15) is 35.9 Å². The number of hydrogen-bond acceptors (Lipinski definition) is 6. The number of hydrogen-bond donors (Lipinski definition) is 1. The van der Waals surface area contributed by atoms with Crippen LogP contribution in [-0.2, 0) is 34.7 Å². The van der Waals surface area contributed by atoms with E-state index < -0.39 is 41.1 Å². The Morgan fingerprint density at radius 3 is 1.52 bits per heavy atom. The van der Waals surface area contributed by atoms with Crippen LogP contribution in [0.5, 0.6) is 0 Å². The van der Waals surface area contributed by atoms with Crippen molar-refractivity contribution in [2.45, 2.75) is 32.1 Å². The van der Waals surface area contributed by atoms with Gasteiger partial charge in [-0.1, -0.05) is 97.1 Å². The summed E-state index contributed by atoms with van der Waals surface area (Å²) < 4.78 is 120. The van der Waals surface area contributed by atoms with Crippen LogP contribution in [0.1, 0.15) is 59.6 Å². The van der Waals surface area contributed by atoms with Crippen molar-refractivity contribution in [3.63, 3.8) is 0 Å². The topological polar surface area (TPSA) is 64.6 Å². The normalized spacial score (nSPS) is 11.7. The Bertz CT molecular complexity index is 3030. The predicted molar refractivity (Wildman–Crippen MR) is 243 cm³/mol. The molecule has 0 aliphatic carbocycles. The molecule has 0 aliphatic heterocycles. The fraction of sp³-hybridized carbons (Fsp3) is 0.176. The van der Waals surface area contributed by atoms with Crippen molar-refractivity contribution in [3.8, 4) is 22.3 Å². The number of benzene rings is 6. The Kier molecular flexibility index (Phi) is 14.7. The highest BCUT2D eigenvalue weighted by Crippen LogP contribution is 2.41. The second kappa shape index (κ2) is 20.4. The van der Waals surface area contributed by atoms with E-state index in [1.54, 1.807) is 86.8 Å². The Balaban J connectivity index is 0.000000197. The van der Waals surface area contributed by atoms with E-state index in [1.165, 1.54) is 34.8 Å². The average molecular weight is 946 g/mol. The number of nitrogens with one attached hydrogen (secondary N) is 1. The van der Waals surface area contributed by atoms with Gasteiger partial charge in [0.1, 0.15) is 11.6 Å². The van der Waals surface area contributed by atoms with E-state index in [2.05, 4.69) is 5.32 Å². The molecule has 0 saturated carbocycles. The lowest BCUT2D eigenvalue weighted by molar-refractivity contribution is -0.138. The van der Waals surface area contributed by atoms with Crippen molar-refractivity contribution in [2.24, 2.45) is 0 Å². The van der Waals surface area contributed by atoms with Crippen molar-refractivity contribution in [1.82, 2.24) is 5.32 Å². The maximum Gasteiger partial charge on any atom is 0.416 e. The third-order valence-corrected chi connectivity index (χ3v) is 12.8. The number of ether oxygens (including phenoxy) is 2. The zero-order chi connectivity index (χ0) is 47.2. The Hall–Kier alpha value is -6.42. The number of amides is 1. The predicted octanol–water partition coefficient (Wildman–Crippen LogP) is 14.2. The van der Waals surface area contributed by atoms with Crippen LogP contribution in [0.2, 0.25) is 0 Å². The molecule has 6 aromatic carbocycles. The summed E-state index contributed by atoms with van der Waals surface area (Å²) in [6.07, 6.45) is -8.80. The highest BCUT2D eigenvalue weighted by atomic mass is 32.1. The molecular weight excluding hydrogens is 907 g/mol. The molecule has 5 nitrogen and oxygen atoms in total. The fourth-order valence-electron chi connectivity index (χ4n) is 7.27. The van der Waals surface area contributed by atoms with E-state index in [0.717, 1.165) is 46.5 Å². The first-order valence-electron chi connectivity index (χ1n) is 20.4. The smallest absolute Gasteiger partial charge is 0.416 e. The van der Waals surface area contributed by atoms with Crippen molar-refractivity contribution in [1.29, 1.82) is 0 Å². The molecule has 0 saturated heterocycles. The van der Waals surface area contributed by atoms with Gasteiger partial charge in [0.15, 0.2) is 0 Å². The summed E-state index contributed by atoms with van der Waals surface area (Å²) in [5, 5.41) is 3.57. The maximum atomic E-state index is 15.2. The van der Waals surface area contributed by atoms with Gasteiger partial charge in [-0.15, -0.1) is 22.7 Å². The first-order chi connectivity index (χ1) is 31.5. The molecule has 340 valence electrons. The van der Waals surface area contributed by atoms with Gasteiger partial charge in [0, 0.05) is 62.0 Å². The molecule has 66 heavy (non-hydrogen) atoms. The molecule has 8 rings (SSSR count). The summed E-state index contributed by atoms with van der Waals surface area (Å²) >= 11 is 2.42. The van der Waals surface area contributed by atoms with Crippen LogP contribution in [0.15, 0.2) is 133 Å². The molecule has 0 fully saturated rings. The zero-order valence-corrected chi connectivity index (χ0v) is 36.8. The van der Waals surface area contributed by atoms with Crippen LogP contribution in [0.25, 0.3) is 42.4 Å². The summed E-state index contributed by atoms with van der Waals surface area (Å²) in [6.45, 7) is 2.76. The van der Waals surface area contributed by atoms with Crippen LogP contribution in [0, 0.1) is 11.6 Å². The molecule has 0 bridgehead atoms. The molecule has 15 heteroatoms. The Labute approximate surface area is 382 Å². The van der Waals surface area contributed by atoms with Gasteiger partial charge in [0.25, 0.3) is 5.91 Å². The summed E-state index contributed by atoms with van der Waals surface area (Å²) in [5.74, 6) is -1.56. The summed E-state index contributed by atoms with van der Waals surface area (Å²) in [7, 11) is 1.55. The van der Waals surface area contributed by atoms with E-state index in [-0.39, 0.29) is 25.4 Å². The number of carbonyl (C=O) groups excluding carboxylic acids is 2. The summed E-state index contributed by atoms with van der Waals surface area (Å²) in [6, 6.07) is 34.2. The molecular formula is C51H39F8NO4S2. The lowest BCUT2D eigenvalue weighted by atomic mass is 10.0. The quantitative estimate of drug-likeness (QED) is 0.0753. The van der Waals surface area contributed by atoms with Gasteiger partial charge in [-0.05, 0) is 76.7 Å². The SMILES string of the molecule is CCOC(=O)c1cccc(-c2cccc3c(F)c(Cc4cccc(C(F)(F)F)c4)sc23)c1.COCCNC(=O)c1cccc(-c2cccc3c(F)c(Cc4cccc(C(F)(F)F)c4)sc23)c1. The number of fused-ring (bicyclic) bond motifs is 2. The molecule has 1 N–H and O–H groups in total. The minimum Gasteiger partial charge on any atom is -0.462 e. The molecule has 2 aromatic heterocycles. The summed E-state index contributed by atoms with van der Waals surface area (Å²) in [5.41, 5.74) is 3.09. The number of alkyl halides is 6. The first-order valence-corrected chi connectivity index (χ1v) is 22.1. The molecule has 8 aromatic rings. The van der Waals surface area contributed by atoms with E-state index >= 15 is 8.78 Å². The second-order valence-corrected chi connectivity index (χ2v) is 17.1. The minimum absolute atomic E-state index is 0.0521. The zero-order valence-electron chi connectivity index (χ0n) is 35.2. The number of thiophene rings is 2. The molecule has 0 radical (unpaired) electrons. The third-order valence-electron chi connectivity index (χ3n) is 10.4. The number of carbonyl (C=O) groups is 2. The van der Waals surface area contributed by atoms with Gasteiger partial charge in [0.2, 0.25) is 0 Å². The fourth-order valence-corrected chi connectivity index (χ4v) is 9.77. The minimum atomic E-state index is -4.46. The molecule has 0 spiro atoms. The number of methoxy groups -OCH3 is 1. The van der Waals surface area contributed by atoms with Gasteiger partial charge < -0.3 is 14.8 Å². The van der Waals surface area contributed by atoms with Crippen molar-refractivity contribution in [2.75, 3.05) is 26.9 Å². The molecule has 1 amide bonds. The molecule has 2 heterocycles. The first kappa shape index (κ1) is 47.5. The highest BCUT2D eigenvalue weighted by Gasteiger charge is 2.31. The van der Waals surface area contributed by atoms with Crippen LogP contribution < -0.4 is 5.32 Å². The lowest BCUT2D eigenvalue weighted by Gasteiger charge is -2.08. The van der Waals surface area contributed by atoms with Gasteiger partial charge in [-0.25, -0.2) is 13.6 Å². The highest BCUT2D eigenvalue weighted by molar-refractivity contribution is 7.20. The van der Waals surface area contributed by atoms with Gasteiger partial charge >= 0.3 is 18.3 Å². The van der Waals surface area contributed by atoms with Crippen LogP contribution >= 0.6 is 22.7 Å². The van der Waals surface area contributed by atoms with Crippen LogP contribution in [0.3, 0.4) is 0 Å². The third kappa shape index (κ3) is 11.0. The molecule has 0 aliphatic rings. The Morgan fingerprint density at radius 1 is 0.591 bits per heavy atom. The molecule has 0 atom stereocenters. The van der Waals surface area contributed by atoms with Crippen molar-refractivity contribution < 1.29 is 54.2 Å². The lowest BCUT2D eigenvalue weighted by Crippen LogP contribution is -2.26. The Morgan fingerprint density at radius 2 is 1.05 bits per heavy atom. The number of halogens is 8. The van der Waals surface area contributed by atoms with E-state index in [4.69, 9.17) is 9.47 Å².